The molecule has 0 aliphatic rings. The highest BCUT2D eigenvalue weighted by molar-refractivity contribution is 7.99. The van der Waals surface area contributed by atoms with Gasteiger partial charge in [-0.05, 0) is 55.5 Å². The van der Waals surface area contributed by atoms with Gasteiger partial charge in [0.05, 0.1) is 12.7 Å². The highest BCUT2D eigenvalue weighted by atomic mass is 32.2. The Bertz CT molecular complexity index is 751. The molecule has 2 aromatic rings. The van der Waals surface area contributed by atoms with E-state index in [2.05, 4.69) is 5.32 Å². The second-order valence-electron chi connectivity index (χ2n) is 5.17. The molecule has 8 heteroatoms. The zero-order valence-corrected chi connectivity index (χ0v) is 14.9. The van der Waals surface area contributed by atoms with Gasteiger partial charge in [-0.15, -0.1) is 0 Å². The summed E-state index contributed by atoms with van der Waals surface area (Å²) >= 11 is 0.383. The van der Waals surface area contributed by atoms with Crippen molar-refractivity contribution in [3.05, 3.63) is 54.1 Å². The summed E-state index contributed by atoms with van der Waals surface area (Å²) in [7, 11) is 1.54. The maximum atomic E-state index is 12.3. The molecule has 0 aliphatic carbocycles. The molecular formula is C18H17F2NO4S. The van der Waals surface area contributed by atoms with Gasteiger partial charge in [-0.25, -0.2) is 4.79 Å². The Balaban J connectivity index is 1.91. The molecular weight excluding hydrogens is 364 g/mol. The molecule has 0 bridgehead atoms. The number of hydrogen-bond donors (Lipinski definition) is 1. The van der Waals surface area contributed by atoms with Crippen LogP contribution in [0.2, 0.25) is 0 Å². The van der Waals surface area contributed by atoms with E-state index in [1.54, 1.807) is 24.3 Å². The summed E-state index contributed by atoms with van der Waals surface area (Å²) < 4.78 is 34.7. The summed E-state index contributed by atoms with van der Waals surface area (Å²) in [4.78, 5) is 24.5. The second kappa shape index (κ2) is 9.19. The van der Waals surface area contributed by atoms with Gasteiger partial charge in [0.15, 0.2) is 6.10 Å². The fourth-order valence-electron chi connectivity index (χ4n) is 1.97. The second-order valence-corrected chi connectivity index (χ2v) is 6.23. The largest absolute Gasteiger partial charge is 0.497 e. The number of benzene rings is 2. The lowest BCUT2D eigenvalue weighted by molar-refractivity contribution is -0.123. The maximum absolute atomic E-state index is 12.3. The molecule has 5 nitrogen and oxygen atoms in total. The molecule has 2 aromatic carbocycles. The Morgan fingerprint density at radius 2 is 1.65 bits per heavy atom. The number of nitrogens with one attached hydrogen (secondary N) is 1. The maximum Gasteiger partial charge on any atom is 0.338 e. The predicted octanol–water partition coefficient (Wildman–Crippen LogP) is 4.19. The van der Waals surface area contributed by atoms with Crippen LogP contribution in [0, 0.1) is 0 Å². The molecule has 1 unspecified atom stereocenters. The lowest BCUT2D eigenvalue weighted by Crippen LogP contribution is -2.29. The lowest BCUT2D eigenvalue weighted by Gasteiger charge is -2.14. The molecule has 0 fully saturated rings. The zero-order valence-electron chi connectivity index (χ0n) is 14.1. The van der Waals surface area contributed by atoms with Crippen molar-refractivity contribution in [2.75, 3.05) is 12.4 Å². The lowest BCUT2D eigenvalue weighted by atomic mass is 10.2. The molecule has 1 amide bonds. The summed E-state index contributed by atoms with van der Waals surface area (Å²) in [6.45, 7) is 1.44. The van der Waals surface area contributed by atoms with Crippen LogP contribution in [-0.4, -0.2) is 30.8 Å². The van der Waals surface area contributed by atoms with Gasteiger partial charge in [0.25, 0.3) is 11.7 Å². The number of anilines is 1. The van der Waals surface area contributed by atoms with E-state index in [0.29, 0.717) is 28.1 Å². The van der Waals surface area contributed by atoms with Crippen molar-refractivity contribution < 1.29 is 27.8 Å². The van der Waals surface area contributed by atoms with Gasteiger partial charge < -0.3 is 14.8 Å². The van der Waals surface area contributed by atoms with E-state index in [1.165, 1.54) is 38.3 Å². The molecule has 0 saturated heterocycles. The minimum atomic E-state index is -2.53. The van der Waals surface area contributed by atoms with Gasteiger partial charge in [-0.2, -0.15) is 8.78 Å². The van der Waals surface area contributed by atoms with Gasteiger partial charge in [0.1, 0.15) is 5.75 Å². The average molecular weight is 381 g/mol. The average Bonchev–Trinajstić information content (AvgIpc) is 2.62. The Hall–Kier alpha value is -2.61. The van der Waals surface area contributed by atoms with E-state index in [0.717, 1.165) is 0 Å². The predicted molar refractivity (Wildman–Crippen MR) is 94.8 cm³/mol. The number of amides is 1. The molecule has 26 heavy (non-hydrogen) atoms. The fraction of sp³-hybridized carbons (Fsp3) is 0.222. The summed E-state index contributed by atoms with van der Waals surface area (Å²) in [6.07, 6.45) is -1.03. The van der Waals surface area contributed by atoms with Crippen LogP contribution in [0.3, 0.4) is 0 Å². The van der Waals surface area contributed by atoms with E-state index < -0.39 is 23.7 Å². The normalized spacial score (nSPS) is 11.7. The molecule has 1 N–H and O–H groups in total. The standard InChI is InChI=1S/C18H17F2NO4S/c1-11(16(22)21-13-5-7-14(24-2)8-6-13)25-17(23)12-3-9-15(10-4-12)26-18(19)20/h3-11,18H,1-2H3,(H,21,22). The third kappa shape index (κ3) is 5.73. The van der Waals surface area contributed by atoms with Crippen LogP contribution in [-0.2, 0) is 9.53 Å². The first-order chi connectivity index (χ1) is 12.4. The van der Waals surface area contributed by atoms with Crippen LogP contribution in [0.4, 0.5) is 14.5 Å². The number of esters is 1. The van der Waals surface area contributed by atoms with Crippen LogP contribution in [0.1, 0.15) is 17.3 Å². The first kappa shape index (κ1) is 19.7. The van der Waals surface area contributed by atoms with Crippen molar-refractivity contribution in [1.29, 1.82) is 0 Å². The highest BCUT2D eigenvalue weighted by Gasteiger charge is 2.19. The van der Waals surface area contributed by atoms with Crippen LogP contribution in [0.15, 0.2) is 53.4 Å². The molecule has 0 saturated carbocycles. The summed E-state index contributed by atoms with van der Waals surface area (Å²) in [5, 5.41) is 2.62. The van der Waals surface area contributed by atoms with Crippen molar-refractivity contribution in [2.45, 2.75) is 23.7 Å². The highest BCUT2D eigenvalue weighted by Crippen LogP contribution is 2.25. The number of ether oxygens (including phenoxy) is 2. The molecule has 0 aromatic heterocycles. The number of hydrogen-bond acceptors (Lipinski definition) is 5. The van der Waals surface area contributed by atoms with Crippen molar-refractivity contribution in [1.82, 2.24) is 0 Å². The number of carbonyl (C=O) groups excluding carboxylic acids is 2. The number of rotatable bonds is 7. The Labute approximate surface area is 153 Å². The molecule has 2 rings (SSSR count). The Kier molecular flexibility index (Phi) is 6.97. The van der Waals surface area contributed by atoms with Crippen molar-refractivity contribution >= 4 is 29.3 Å². The van der Waals surface area contributed by atoms with Crippen LogP contribution in [0.25, 0.3) is 0 Å². The number of alkyl halides is 2. The van der Waals surface area contributed by atoms with Gasteiger partial charge in [-0.3, -0.25) is 4.79 Å². The van der Waals surface area contributed by atoms with Crippen molar-refractivity contribution in [3.8, 4) is 5.75 Å². The monoisotopic (exact) mass is 381 g/mol. The molecule has 0 spiro atoms. The Morgan fingerprint density at radius 1 is 1.04 bits per heavy atom. The summed E-state index contributed by atoms with van der Waals surface area (Å²) in [5.74, 6) is -3.09. The molecule has 1 atom stereocenters. The smallest absolute Gasteiger partial charge is 0.338 e. The minimum Gasteiger partial charge on any atom is -0.497 e. The Morgan fingerprint density at radius 3 is 2.19 bits per heavy atom. The van der Waals surface area contributed by atoms with E-state index in [9.17, 15) is 18.4 Å². The molecule has 138 valence electrons. The SMILES string of the molecule is COc1ccc(NC(=O)C(C)OC(=O)c2ccc(SC(F)F)cc2)cc1. The fourth-order valence-corrected chi connectivity index (χ4v) is 2.47. The third-order valence-corrected chi connectivity index (χ3v) is 4.05. The van der Waals surface area contributed by atoms with Gasteiger partial charge >= 0.3 is 5.97 Å². The first-order valence-corrected chi connectivity index (χ1v) is 8.48. The number of halogens is 2. The van der Waals surface area contributed by atoms with Gasteiger partial charge in [0.2, 0.25) is 0 Å². The van der Waals surface area contributed by atoms with Crippen molar-refractivity contribution in [2.24, 2.45) is 0 Å². The van der Waals surface area contributed by atoms with E-state index >= 15 is 0 Å². The van der Waals surface area contributed by atoms with E-state index in [-0.39, 0.29) is 5.56 Å². The summed E-state index contributed by atoms with van der Waals surface area (Å²) in [5.41, 5.74) is 0.708. The van der Waals surface area contributed by atoms with E-state index in [4.69, 9.17) is 9.47 Å². The number of methoxy groups -OCH3 is 1. The van der Waals surface area contributed by atoms with Crippen LogP contribution in [0.5, 0.6) is 5.75 Å². The van der Waals surface area contributed by atoms with Crippen LogP contribution < -0.4 is 10.1 Å². The number of carbonyl (C=O) groups is 2. The third-order valence-electron chi connectivity index (χ3n) is 3.33. The molecule has 0 radical (unpaired) electrons. The van der Waals surface area contributed by atoms with Crippen molar-refractivity contribution in [3.63, 3.8) is 0 Å². The topological polar surface area (TPSA) is 64.6 Å². The minimum absolute atomic E-state index is 0.174. The first-order valence-electron chi connectivity index (χ1n) is 7.60. The molecule has 0 heterocycles. The van der Waals surface area contributed by atoms with Gasteiger partial charge in [0, 0.05) is 10.6 Å². The molecule has 0 aliphatic heterocycles. The zero-order chi connectivity index (χ0) is 19.1. The number of thioether (sulfide) groups is 1. The van der Waals surface area contributed by atoms with E-state index in [1.807, 2.05) is 0 Å². The quantitative estimate of drug-likeness (QED) is 0.575. The van der Waals surface area contributed by atoms with Gasteiger partial charge in [-0.1, -0.05) is 11.8 Å². The summed E-state index contributed by atoms with van der Waals surface area (Å²) in [6, 6.07) is 12.2. The van der Waals surface area contributed by atoms with Crippen LogP contribution >= 0.6 is 11.8 Å².